The fourth-order valence-electron chi connectivity index (χ4n) is 3.82. The Hall–Kier alpha value is -1.74. The summed E-state index contributed by atoms with van der Waals surface area (Å²) in [7, 11) is 0. The molecule has 2 aromatic heterocycles. The van der Waals surface area contributed by atoms with Gasteiger partial charge < -0.3 is 5.32 Å². The summed E-state index contributed by atoms with van der Waals surface area (Å²) in [5.41, 5.74) is 5.06. The molecule has 1 unspecified atom stereocenters. The van der Waals surface area contributed by atoms with E-state index in [1.807, 2.05) is 24.5 Å². The average Bonchev–Trinajstić information content (AvgIpc) is 2.78. The third kappa shape index (κ3) is 3.61. The Morgan fingerprint density at radius 3 is 2.26 bits per heavy atom. The van der Waals surface area contributed by atoms with Crippen molar-refractivity contribution in [3.05, 3.63) is 59.2 Å². The van der Waals surface area contributed by atoms with Crippen molar-refractivity contribution < 1.29 is 0 Å². The summed E-state index contributed by atoms with van der Waals surface area (Å²) in [5.74, 6) is 1.21. The molecular formula is C20H27N3. The Morgan fingerprint density at radius 1 is 1.00 bits per heavy atom. The van der Waals surface area contributed by atoms with Gasteiger partial charge in [-0.15, -0.1) is 0 Å². The van der Waals surface area contributed by atoms with Gasteiger partial charge in [0.15, 0.2) is 0 Å². The Morgan fingerprint density at radius 2 is 1.65 bits per heavy atom. The minimum atomic E-state index is 0.357. The first-order chi connectivity index (χ1) is 11.2. The van der Waals surface area contributed by atoms with E-state index in [2.05, 4.69) is 48.2 Å². The second-order valence-electron chi connectivity index (χ2n) is 6.81. The van der Waals surface area contributed by atoms with Gasteiger partial charge in [0.25, 0.3) is 0 Å². The second kappa shape index (κ2) is 7.22. The largest absolute Gasteiger partial charge is 0.308 e. The Kier molecular flexibility index (Phi) is 5.06. The van der Waals surface area contributed by atoms with Crippen LogP contribution in [0.25, 0.3) is 0 Å². The number of hydrogen-bond acceptors (Lipinski definition) is 3. The van der Waals surface area contributed by atoms with Gasteiger partial charge in [0.1, 0.15) is 0 Å². The molecule has 0 bridgehead atoms. The van der Waals surface area contributed by atoms with Gasteiger partial charge in [-0.25, -0.2) is 0 Å². The third-order valence-corrected chi connectivity index (χ3v) is 5.19. The zero-order valence-corrected chi connectivity index (χ0v) is 14.4. The summed E-state index contributed by atoms with van der Waals surface area (Å²) >= 11 is 0. The van der Waals surface area contributed by atoms with E-state index in [0.29, 0.717) is 17.9 Å². The van der Waals surface area contributed by atoms with Crippen molar-refractivity contribution >= 4 is 0 Å². The summed E-state index contributed by atoms with van der Waals surface area (Å²) in [4.78, 5) is 9.32. The van der Waals surface area contributed by atoms with Crippen LogP contribution in [0.3, 0.4) is 0 Å². The highest BCUT2D eigenvalue weighted by atomic mass is 15.0. The predicted molar refractivity (Wildman–Crippen MR) is 94.4 cm³/mol. The third-order valence-electron chi connectivity index (χ3n) is 5.19. The number of hydrogen-bond donors (Lipinski definition) is 1. The Balaban J connectivity index is 1.85. The highest BCUT2D eigenvalue weighted by Gasteiger charge is 2.28. The maximum atomic E-state index is 4.67. The van der Waals surface area contributed by atoms with E-state index in [1.54, 1.807) is 0 Å². The number of nitrogens with one attached hydrogen (secondary N) is 1. The molecule has 2 aromatic rings. The lowest BCUT2D eigenvalue weighted by atomic mass is 9.86. The SMILES string of the molecule is CCC1C[C@H](c2ncccc2C)CN[C@H](c2ncccc2C)C1. The molecule has 0 aliphatic carbocycles. The first kappa shape index (κ1) is 16.1. The van der Waals surface area contributed by atoms with E-state index in [0.717, 1.165) is 13.0 Å². The van der Waals surface area contributed by atoms with Gasteiger partial charge in [-0.1, -0.05) is 25.5 Å². The molecule has 3 heteroatoms. The van der Waals surface area contributed by atoms with Crippen LogP contribution in [-0.4, -0.2) is 16.5 Å². The Labute approximate surface area is 139 Å². The molecule has 1 aliphatic rings. The smallest absolute Gasteiger partial charge is 0.0602 e. The van der Waals surface area contributed by atoms with E-state index in [-0.39, 0.29) is 0 Å². The van der Waals surface area contributed by atoms with E-state index < -0.39 is 0 Å². The van der Waals surface area contributed by atoms with Gasteiger partial charge >= 0.3 is 0 Å². The Bertz CT molecular complexity index is 597. The lowest BCUT2D eigenvalue weighted by Crippen LogP contribution is -2.25. The minimum Gasteiger partial charge on any atom is -0.308 e. The van der Waals surface area contributed by atoms with Crippen LogP contribution in [0, 0.1) is 19.8 Å². The normalized spacial score (nSPS) is 25.1. The standard InChI is InChI=1S/C20H27N3/c1-4-16-11-17(19-14(2)7-5-9-21-19)13-23-18(12-16)20-15(3)8-6-10-22-20/h5-10,16-18,23H,4,11-13H2,1-3H3/t16?,17-,18-/m0/s1. The second-order valence-corrected chi connectivity index (χ2v) is 6.81. The summed E-state index contributed by atoms with van der Waals surface area (Å²) in [6, 6.07) is 8.74. The van der Waals surface area contributed by atoms with Gasteiger partial charge in [0.2, 0.25) is 0 Å². The van der Waals surface area contributed by atoms with Crippen LogP contribution in [0.5, 0.6) is 0 Å². The summed E-state index contributed by atoms with van der Waals surface area (Å²) in [5, 5.41) is 3.78. The van der Waals surface area contributed by atoms with Gasteiger partial charge in [0, 0.05) is 30.6 Å². The van der Waals surface area contributed by atoms with Crippen molar-refractivity contribution in [2.45, 2.75) is 52.0 Å². The molecule has 3 atom stereocenters. The van der Waals surface area contributed by atoms with Gasteiger partial charge in [-0.3, -0.25) is 9.97 Å². The number of nitrogens with zero attached hydrogens (tertiary/aromatic N) is 2. The molecular weight excluding hydrogens is 282 g/mol. The van der Waals surface area contributed by atoms with E-state index >= 15 is 0 Å². The lowest BCUT2D eigenvalue weighted by Gasteiger charge is -2.20. The number of aromatic nitrogens is 2. The molecule has 3 nitrogen and oxygen atoms in total. The molecule has 0 spiro atoms. The summed E-state index contributed by atoms with van der Waals surface area (Å²) in [6.07, 6.45) is 7.43. The molecule has 122 valence electrons. The maximum absolute atomic E-state index is 4.67. The van der Waals surface area contributed by atoms with Crippen LogP contribution in [-0.2, 0) is 0 Å². The minimum absolute atomic E-state index is 0.357. The molecule has 1 saturated heterocycles. The first-order valence-electron chi connectivity index (χ1n) is 8.75. The molecule has 0 saturated carbocycles. The number of pyridine rings is 2. The molecule has 1 fully saturated rings. The molecule has 3 rings (SSSR count). The average molecular weight is 309 g/mol. The molecule has 0 radical (unpaired) electrons. The number of aryl methyl sites for hydroxylation is 2. The zero-order chi connectivity index (χ0) is 16.2. The van der Waals surface area contributed by atoms with Crippen LogP contribution in [0.15, 0.2) is 36.7 Å². The lowest BCUT2D eigenvalue weighted by molar-refractivity contribution is 0.395. The molecule has 0 amide bonds. The van der Waals surface area contributed by atoms with Gasteiger partial charge in [0.05, 0.1) is 11.7 Å². The highest BCUT2D eigenvalue weighted by molar-refractivity contribution is 5.24. The fourth-order valence-corrected chi connectivity index (χ4v) is 3.82. The van der Waals surface area contributed by atoms with Crippen molar-refractivity contribution in [1.82, 2.24) is 15.3 Å². The highest BCUT2D eigenvalue weighted by Crippen LogP contribution is 2.35. The van der Waals surface area contributed by atoms with E-state index in [9.17, 15) is 0 Å². The summed E-state index contributed by atoms with van der Waals surface area (Å²) < 4.78 is 0. The van der Waals surface area contributed by atoms with Crippen molar-refractivity contribution in [3.8, 4) is 0 Å². The zero-order valence-electron chi connectivity index (χ0n) is 14.4. The van der Waals surface area contributed by atoms with E-state index in [4.69, 9.17) is 0 Å². The molecule has 1 N–H and O–H groups in total. The number of rotatable bonds is 3. The maximum Gasteiger partial charge on any atom is 0.0602 e. The van der Waals surface area contributed by atoms with Crippen molar-refractivity contribution in [2.75, 3.05) is 6.54 Å². The van der Waals surface area contributed by atoms with Crippen molar-refractivity contribution in [2.24, 2.45) is 5.92 Å². The van der Waals surface area contributed by atoms with Crippen LogP contribution in [0.1, 0.15) is 60.7 Å². The van der Waals surface area contributed by atoms with Crippen LogP contribution < -0.4 is 5.32 Å². The van der Waals surface area contributed by atoms with Crippen molar-refractivity contribution in [1.29, 1.82) is 0 Å². The van der Waals surface area contributed by atoms with Crippen LogP contribution in [0.2, 0.25) is 0 Å². The van der Waals surface area contributed by atoms with Gasteiger partial charge in [-0.05, 0) is 55.9 Å². The predicted octanol–water partition coefficient (Wildman–Crippen LogP) is 4.33. The monoisotopic (exact) mass is 309 g/mol. The first-order valence-corrected chi connectivity index (χ1v) is 8.75. The quantitative estimate of drug-likeness (QED) is 0.917. The molecule has 23 heavy (non-hydrogen) atoms. The van der Waals surface area contributed by atoms with E-state index in [1.165, 1.54) is 35.4 Å². The van der Waals surface area contributed by atoms with Gasteiger partial charge in [-0.2, -0.15) is 0 Å². The molecule has 3 heterocycles. The van der Waals surface area contributed by atoms with Crippen LogP contribution >= 0.6 is 0 Å². The van der Waals surface area contributed by atoms with Crippen molar-refractivity contribution in [3.63, 3.8) is 0 Å². The molecule has 1 aliphatic heterocycles. The summed E-state index contributed by atoms with van der Waals surface area (Å²) in [6.45, 7) is 7.63. The fraction of sp³-hybridized carbons (Fsp3) is 0.500. The molecule has 0 aromatic carbocycles. The van der Waals surface area contributed by atoms with Crippen LogP contribution in [0.4, 0.5) is 0 Å². The topological polar surface area (TPSA) is 37.8 Å².